The molecule has 1 atom stereocenters. The summed E-state index contributed by atoms with van der Waals surface area (Å²) in [5.41, 5.74) is 0.0651. The van der Waals surface area contributed by atoms with Crippen LogP contribution in [0.4, 0.5) is 0 Å². The number of piperidine rings is 1. The first-order valence-electron chi connectivity index (χ1n) is 6.19. The van der Waals surface area contributed by atoms with E-state index in [0.29, 0.717) is 0 Å². The average Bonchev–Trinajstić information content (AvgIpc) is 2.24. The number of rotatable bonds is 4. The van der Waals surface area contributed by atoms with E-state index in [1.807, 2.05) is 0 Å². The van der Waals surface area contributed by atoms with Crippen LogP contribution in [0.25, 0.3) is 0 Å². The molecule has 3 nitrogen and oxygen atoms in total. The lowest BCUT2D eigenvalue weighted by Crippen LogP contribution is -2.54. The SMILES string of the molecule is CCC1CCCN(CC2(CO)COC2)C1. The Morgan fingerprint density at radius 2 is 2.27 bits per heavy atom. The molecule has 0 spiro atoms. The van der Waals surface area contributed by atoms with E-state index in [1.165, 1.54) is 32.4 Å². The molecule has 2 rings (SSSR count). The van der Waals surface area contributed by atoms with Crippen LogP contribution in [0.2, 0.25) is 0 Å². The summed E-state index contributed by atoms with van der Waals surface area (Å²) < 4.78 is 5.24. The predicted molar refractivity (Wildman–Crippen MR) is 59.8 cm³/mol. The molecule has 88 valence electrons. The number of hydrogen-bond acceptors (Lipinski definition) is 3. The summed E-state index contributed by atoms with van der Waals surface area (Å²) in [5.74, 6) is 0.871. The van der Waals surface area contributed by atoms with Gasteiger partial charge in [-0.25, -0.2) is 0 Å². The molecule has 2 fully saturated rings. The number of nitrogens with zero attached hydrogens (tertiary/aromatic N) is 1. The molecule has 1 N–H and O–H groups in total. The van der Waals surface area contributed by atoms with Crippen molar-refractivity contribution in [1.82, 2.24) is 4.90 Å². The van der Waals surface area contributed by atoms with Gasteiger partial charge in [0.25, 0.3) is 0 Å². The summed E-state index contributed by atoms with van der Waals surface area (Å²) in [4.78, 5) is 2.52. The van der Waals surface area contributed by atoms with Crippen LogP contribution in [-0.2, 0) is 4.74 Å². The Morgan fingerprint density at radius 3 is 2.80 bits per heavy atom. The normalized spacial score (nSPS) is 31.2. The Bertz CT molecular complexity index is 198. The van der Waals surface area contributed by atoms with Gasteiger partial charge in [-0.1, -0.05) is 13.3 Å². The Balaban J connectivity index is 1.82. The minimum atomic E-state index is 0.0651. The summed E-state index contributed by atoms with van der Waals surface area (Å²) in [6.45, 7) is 7.51. The van der Waals surface area contributed by atoms with Crippen LogP contribution in [0.15, 0.2) is 0 Å². The van der Waals surface area contributed by atoms with Crippen molar-refractivity contribution in [3.8, 4) is 0 Å². The summed E-state index contributed by atoms with van der Waals surface area (Å²) in [7, 11) is 0. The molecule has 0 aromatic heterocycles. The second-order valence-corrected chi connectivity index (χ2v) is 5.30. The number of hydrogen-bond donors (Lipinski definition) is 1. The first kappa shape index (κ1) is 11.4. The Hall–Kier alpha value is -0.120. The molecule has 1 unspecified atom stereocenters. The van der Waals surface area contributed by atoms with Crippen LogP contribution in [0.3, 0.4) is 0 Å². The molecule has 15 heavy (non-hydrogen) atoms. The molecule has 0 radical (unpaired) electrons. The minimum Gasteiger partial charge on any atom is -0.396 e. The zero-order valence-electron chi connectivity index (χ0n) is 9.74. The zero-order valence-corrected chi connectivity index (χ0v) is 9.74. The van der Waals surface area contributed by atoms with E-state index in [-0.39, 0.29) is 12.0 Å². The molecule has 3 heteroatoms. The summed E-state index contributed by atoms with van der Waals surface area (Å²) in [6, 6.07) is 0. The van der Waals surface area contributed by atoms with E-state index >= 15 is 0 Å². The van der Waals surface area contributed by atoms with E-state index in [2.05, 4.69) is 11.8 Å². The fraction of sp³-hybridized carbons (Fsp3) is 1.00. The molecule has 2 aliphatic rings. The Labute approximate surface area is 92.4 Å². The van der Waals surface area contributed by atoms with Crippen molar-refractivity contribution in [1.29, 1.82) is 0 Å². The third-order valence-corrected chi connectivity index (χ3v) is 3.89. The van der Waals surface area contributed by atoms with Crippen molar-refractivity contribution in [3.05, 3.63) is 0 Å². The lowest BCUT2D eigenvalue weighted by atomic mass is 9.85. The van der Waals surface area contributed by atoms with E-state index in [1.54, 1.807) is 0 Å². The molecule has 2 aliphatic heterocycles. The van der Waals surface area contributed by atoms with Gasteiger partial charge in [-0.05, 0) is 25.3 Å². The van der Waals surface area contributed by atoms with E-state index in [0.717, 1.165) is 25.7 Å². The van der Waals surface area contributed by atoms with Gasteiger partial charge in [0.05, 0.1) is 25.2 Å². The molecule has 0 bridgehead atoms. The third-order valence-electron chi connectivity index (χ3n) is 3.89. The minimum absolute atomic E-state index is 0.0651. The molecule has 0 aromatic carbocycles. The standard InChI is InChI=1S/C12H23NO2/c1-2-11-4-3-5-13(6-11)7-12(8-14)9-15-10-12/h11,14H,2-10H2,1H3. The fourth-order valence-electron chi connectivity index (χ4n) is 2.73. The van der Waals surface area contributed by atoms with Gasteiger partial charge in [0, 0.05) is 13.1 Å². The van der Waals surface area contributed by atoms with Crippen molar-refractivity contribution in [2.24, 2.45) is 11.3 Å². The average molecular weight is 213 g/mol. The fourth-order valence-corrected chi connectivity index (χ4v) is 2.73. The maximum absolute atomic E-state index is 9.38. The molecule has 0 aromatic rings. The van der Waals surface area contributed by atoms with Gasteiger partial charge in [0.1, 0.15) is 0 Å². The van der Waals surface area contributed by atoms with Crippen LogP contribution in [0, 0.1) is 11.3 Å². The largest absolute Gasteiger partial charge is 0.396 e. The van der Waals surface area contributed by atoms with Crippen molar-refractivity contribution in [3.63, 3.8) is 0 Å². The van der Waals surface area contributed by atoms with Gasteiger partial charge in [0.15, 0.2) is 0 Å². The van der Waals surface area contributed by atoms with Crippen LogP contribution < -0.4 is 0 Å². The van der Waals surface area contributed by atoms with Gasteiger partial charge >= 0.3 is 0 Å². The lowest BCUT2D eigenvalue weighted by molar-refractivity contribution is -0.150. The second kappa shape index (κ2) is 4.81. The molecule has 0 aliphatic carbocycles. The lowest BCUT2D eigenvalue weighted by Gasteiger charge is -2.45. The quantitative estimate of drug-likeness (QED) is 0.759. The predicted octanol–water partition coefficient (Wildman–Crippen LogP) is 1.12. The second-order valence-electron chi connectivity index (χ2n) is 5.30. The van der Waals surface area contributed by atoms with Gasteiger partial charge in [-0.15, -0.1) is 0 Å². The van der Waals surface area contributed by atoms with Gasteiger partial charge < -0.3 is 14.7 Å². The highest BCUT2D eigenvalue weighted by atomic mass is 16.5. The van der Waals surface area contributed by atoms with Crippen molar-refractivity contribution >= 4 is 0 Å². The van der Waals surface area contributed by atoms with Crippen molar-refractivity contribution in [2.45, 2.75) is 26.2 Å². The highest BCUT2D eigenvalue weighted by molar-refractivity contribution is 4.89. The first-order valence-corrected chi connectivity index (χ1v) is 6.19. The molecular weight excluding hydrogens is 190 g/mol. The number of aliphatic hydroxyl groups excluding tert-OH is 1. The summed E-state index contributed by atoms with van der Waals surface area (Å²) >= 11 is 0. The highest BCUT2D eigenvalue weighted by Crippen LogP contribution is 2.30. The van der Waals surface area contributed by atoms with E-state index in [9.17, 15) is 5.11 Å². The van der Waals surface area contributed by atoms with Crippen LogP contribution in [-0.4, -0.2) is 49.5 Å². The zero-order chi connectivity index (χ0) is 10.7. The first-order chi connectivity index (χ1) is 7.28. The molecule has 0 amide bonds. The number of ether oxygens (including phenoxy) is 1. The van der Waals surface area contributed by atoms with Gasteiger partial charge in [-0.3, -0.25) is 0 Å². The van der Waals surface area contributed by atoms with Crippen molar-refractivity contribution < 1.29 is 9.84 Å². The summed E-state index contributed by atoms with van der Waals surface area (Å²) in [5, 5.41) is 9.38. The van der Waals surface area contributed by atoms with Gasteiger partial charge in [0.2, 0.25) is 0 Å². The van der Waals surface area contributed by atoms with Crippen LogP contribution in [0.5, 0.6) is 0 Å². The summed E-state index contributed by atoms with van der Waals surface area (Å²) in [6.07, 6.45) is 4.00. The number of aliphatic hydroxyl groups is 1. The van der Waals surface area contributed by atoms with E-state index < -0.39 is 0 Å². The Morgan fingerprint density at radius 1 is 1.47 bits per heavy atom. The Kier molecular flexibility index (Phi) is 3.65. The molecule has 0 saturated carbocycles. The number of likely N-dealkylation sites (tertiary alicyclic amines) is 1. The topological polar surface area (TPSA) is 32.7 Å². The molecule has 2 saturated heterocycles. The van der Waals surface area contributed by atoms with E-state index in [4.69, 9.17) is 4.74 Å². The van der Waals surface area contributed by atoms with Crippen LogP contribution in [0.1, 0.15) is 26.2 Å². The molecule has 2 heterocycles. The maximum Gasteiger partial charge on any atom is 0.0579 e. The molecular formula is C12H23NO2. The monoisotopic (exact) mass is 213 g/mol. The van der Waals surface area contributed by atoms with Crippen molar-refractivity contribution in [2.75, 3.05) is 39.5 Å². The third kappa shape index (κ3) is 2.52. The van der Waals surface area contributed by atoms with Crippen LogP contribution >= 0.6 is 0 Å². The van der Waals surface area contributed by atoms with Gasteiger partial charge in [-0.2, -0.15) is 0 Å². The maximum atomic E-state index is 9.38. The highest BCUT2D eigenvalue weighted by Gasteiger charge is 2.40. The smallest absolute Gasteiger partial charge is 0.0579 e.